The molecule has 0 aromatic heterocycles. The van der Waals surface area contributed by atoms with Gasteiger partial charge in [0.05, 0.1) is 0 Å². The molecule has 0 radical (unpaired) electrons. The van der Waals surface area contributed by atoms with Crippen LogP contribution in [0.2, 0.25) is 0 Å². The summed E-state index contributed by atoms with van der Waals surface area (Å²) >= 11 is 0. The number of rotatable bonds is 2. The van der Waals surface area contributed by atoms with Gasteiger partial charge in [0, 0.05) is 0 Å². The highest BCUT2D eigenvalue weighted by molar-refractivity contribution is 5.99. The maximum absolute atomic E-state index is 2.53. The average molecular weight is 367 g/mol. The van der Waals surface area contributed by atoms with E-state index in [4.69, 9.17) is 0 Å². The Balaban J connectivity index is 1.86. The summed E-state index contributed by atoms with van der Waals surface area (Å²) in [6.45, 7) is 4.74. The molecule has 0 heteroatoms. The first-order valence-electron chi connectivity index (χ1n) is 11.0. The van der Waals surface area contributed by atoms with E-state index in [2.05, 4.69) is 80.6 Å². The third-order valence-electron chi connectivity index (χ3n) is 6.92. The molecule has 0 saturated carbocycles. The van der Waals surface area contributed by atoms with Crippen molar-refractivity contribution in [2.45, 2.75) is 51.9 Å². The van der Waals surface area contributed by atoms with E-state index in [1.54, 1.807) is 5.56 Å². The van der Waals surface area contributed by atoms with E-state index in [1.165, 1.54) is 51.6 Å². The standard InChI is InChI=1S/C28H30/c1-19-15-17-21(18-16-19)27-23-11-5-7-13-25(23)28(22-10-4-3-9-20(22)2)26-14-8-6-12-24(26)27/h3-5,7,11-15,17-20,22H,6,8-10,16H2,1-2H3. The second-order valence-corrected chi connectivity index (χ2v) is 8.91. The van der Waals surface area contributed by atoms with Crippen LogP contribution in [0.4, 0.5) is 0 Å². The SMILES string of the molecule is CC1C=CC(c2c3c(c(C4CC=CCC4C)c4ccccc24)=CCCC=3)=CC1. The molecule has 3 atom stereocenters. The van der Waals surface area contributed by atoms with Crippen molar-refractivity contribution in [2.75, 3.05) is 0 Å². The van der Waals surface area contributed by atoms with Gasteiger partial charge in [-0.2, -0.15) is 0 Å². The van der Waals surface area contributed by atoms with Crippen molar-refractivity contribution in [1.82, 2.24) is 0 Å². The summed E-state index contributed by atoms with van der Waals surface area (Å²) in [5.74, 6) is 1.97. The first-order valence-corrected chi connectivity index (χ1v) is 11.0. The van der Waals surface area contributed by atoms with E-state index in [1.807, 2.05) is 0 Å². The Morgan fingerprint density at radius 2 is 1.54 bits per heavy atom. The normalized spacial score (nSPS) is 26.4. The fourth-order valence-corrected chi connectivity index (χ4v) is 5.37. The molecule has 0 spiro atoms. The summed E-state index contributed by atoms with van der Waals surface area (Å²) in [6.07, 6.45) is 22.9. The van der Waals surface area contributed by atoms with Crippen LogP contribution in [0, 0.1) is 11.8 Å². The minimum atomic E-state index is 0.622. The van der Waals surface area contributed by atoms with Gasteiger partial charge >= 0.3 is 0 Å². The molecular formula is C28H30. The summed E-state index contributed by atoms with van der Waals surface area (Å²) in [7, 11) is 0. The molecule has 2 aromatic carbocycles. The molecule has 3 aliphatic rings. The van der Waals surface area contributed by atoms with Crippen molar-refractivity contribution >= 4 is 28.5 Å². The minimum absolute atomic E-state index is 0.622. The van der Waals surface area contributed by atoms with Crippen molar-refractivity contribution in [2.24, 2.45) is 11.8 Å². The Hall–Kier alpha value is -2.34. The molecule has 0 N–H and O–H groups in total. The lowest BCUT2D eigenvalue weighted by Crippen LogP contribution is -2.36. The second kappa shape index (κ2) is 7.24. The fraction of sp³-hybridized carbons (Fsp3) is 0.357. The summed E-state index contributed by atoms with van der Waals surface area (Å²) in [5.41, 5.74) is 4.49. The molecule has 2 aromatic rings. The van der Waals surface area contributed by atoms with Gasteiger partial charge in [-0.25, -0.2) is 0 Å². The molecule has 0 aliphatic heterocycles. The highest BCUT2D eigenvalue weighted by atomic mass is 14.3. The molecule has 0 fully saturated rings. The number of benzene rings is 2. The van der Waals surface area contributed by atoms with Crippen LogP contribution in [-0.4, -0.2) is 0 Å². The molecule has 0 saturated heterocycles. The Morgan fingerprint density at radius 3 is 2.29 bits per heavy atom. The Labute approximate surface area is 168 Å². The summed E-state index contributed by atoms with van der Waals surface area (Å²) in [5, 5.41) is 5.94. The lowest BCUT2D eigenvalue weighted by atomic mass is 9.75. The predicted molar refractivity (Wildman–Crippen MR) is 123 cm³/mol. The Kier molecular flexibility index (Phi) is 4.59. The molecule has 5 rings (SSSR count). The maximum atomic E-state index is 2.53. The predicted octanol–water partition coefficient (Wildman–Crippen LogP) is 6.24. The van der Waals surface area contributed by atoms with Gasteiger partial charge in [0.1, 0.15) is 0 Å². The zero-order chi connectivity index (χ0) is 19.1. The van der Waals surface area contributed by atoms with Crippen LogP contribution < -0.4 is 10.4 Å². The van der Waals surface area contributed by atoms with E-state index in [0.717, 1.165) is 12.8 Å². The molecular weight excluding hydrogens is 336 g/mol. The molecule has 0 heterocycles. The van der Waals surface area contributed by atoms with Crippen LogP contribution in [0.25, 0.3) is 28.5 Å². The van der Waals surface area contributed by atoms with Crippen LogP contribution >= 0.6 is 0 Å². The molecule has 3 aliphatic carbocycles. The fourth-order valence-electron chi connectivity index (χ4n) is 5.37. The van der Waals surface area contributed by atoms with Crippen LogP contribution in [-0.2, 0) is 0 Å². The number of hydrogen-bond acceptors (Lipinski definition) is 0. The van der Waals surface area contributed by atoms with E-state index in [0.29, 0.717) is 17.8 Å². The third kappa shape index (κ3) is 2.91. The number of hydrogen-bond donors (Lipinski definition) is 0. The second-order valence-electron chi connectivity index (χ2n) is 8.91. The first kappa shape index (κ1) is 17.7. The largest absolute Gasteiger partial charge is 0.0882 e. The summed E-state index contributed by atoms with van der Waals surface area (Å²) in [4.78, 5) is 0. The molecule has 28 heavy (non-hydrogen) atoms. The lowest BCUT2D eigenvalue weighted by Gasteiger charge is -2.29. The highest BCUT2D eigenvalue weighted by Gasteiger charge is 2.25. The van der Waals surface area contributed by atoms with Crippen molar-refractivity contribution in [3.63, 3.8) is 0 Å². The first-order chi connectivity index (χ1) is 13.7. The average Bonchev–Trinajstić information content (AvgIpc) is 2.73. The van der Waals surface area contributed by atoms with Crippen LogP contribution in [0.3, 0.4) is 0 Å². The van der Waals surface area contributed by atoms with Gasteiger partial charge in [-0.05, 0) is 87.8 Å². The van der Waals surface area contributed by atoms with Gasteiger partial charge in [0.25, 0.3) is 0 Å². The van der Waals surface area contributed by atoms with E-state index in [9.17, 15) is 0 Å². The van der Waals surface area contributed by atoms with Gasteiger partial charge in [0.2, 0.25) is 0 Å². The van der Waals surface area contributed by atoms with Crippen molar-refractivity contribution in [3.05, 3.63) is 76.2 Å². The highest BCUT2D eigenvalue weighted by Crippen LogP contribution is 2.37. The number of fused-ring (bicyclic) bond motifs is 2. The van der Waals surface area contributed by atoms with E-state index in [-0.39, 0.29) is 0 Å². The Bertz CT molecular complexity index is 1120. The molecule has 0 bridgehead atoms. The van der Waals surface area contributed by atoms with Crippen LogP contribution in [0.1, 0.15) is 63.0 Å². The molecule has 3 unspecified atom stereocenters. The Morgan fingerprint density at radius 1 is 0.786 bits per heavy atom. The van der Waals surface area contributed by atoms with E-state index < -0.39 is 0 Å². The van der Waals surface area contributed by atoms with Gasteiger partial charge in [0.15, 0.2) is 0 Å². The van der Waals surface area contributed by atoms with Crippen LogP contribution in [0.15, 0.2) is 54.6 Å². The van der Waals surface area contributed by atoms with Gasteiger partial charge in [-0.1, -0.05) is 80.6 Å². The summed E-state index contributed by atoms with van der Waals surface area (Å²) in [6, 6.07) is 9.17. The van der Waals surface area contributed by atoms with Crippen molar-refractivity contribution < 1.29 is 0 Å². The topological polar surface area (TPSA) is 0 Å². The zero-order valence-electron chi connectivity index (χ0n) is 17.1. The van der Waals surface area contributed by atoms with Crippen molar-refractivity contribution in [1.29, 1.82) is 0 Å². The quantitative estimate of drug-likeness (QED) is 0.552. The lowest BCUT2D eigenvalue weighted by molar-refractivity contribution is 0.450. The molecule has 0 nitrogen and oxygen atoms in total. The molecule has 0 amide bonds. The monoisotopic (exact) mass is 366 g/mol. The maximum Gasteiger partial charge on any atom is -0.00332 e. The van der Waals surface area contributed by atoms with Gasteiger partial charge in [-0.15, -0.1) is 0 Å². The smallest absolute Gasteiger partial charge is 0.00332 e. The minimum Gasteiger partial charge on any atom is -0.0882 e. The van der Waals surface area contributed by atoms with E-state index >= 15 is 0 Å². The van der Waals surface area contributed by atoms with Gasteiger partial charge in [-0.3, -0.25) is 0 Å². The van der Waals surface area contributed by atoms with Crippen LogP contribution in [0.5, 0.6) is 0 Å². The van der Waals surface area contributed by atoms with Crippen molar-refractivity contribution in [3.8, 4) is 0 Å². The zero-order valence-corrected chi connectivity index (χ0v) is 17.1. The number of allylic oxidation sites excluding steroid dienone is 6. The molecule has 142 valence electrons. The third-order valence-corrected chi connectivity index (χ3v) is 6.92. The van der Waals surface area contributed by atoms with Gasteiger partial charge < -0.3 is 0 Å². The summed E-state index contributed by atoms with van der Waals surface area (Å²) < 4.78 is 0.